The fourth-order valence-electron chi connectivity index (χ4n) is 2.51. The van der Waals surface area contributed by atoms with E-state index >= 15 is 0 Å². The molecule has 0 spiro atoms. The van der Waals surface area contributed by atoms with Crippen molar-refractivity contribution in [3.63, 3.8) is 0 Å². The first-order valence-electron chi connectivity index (χ1n) is 7.31. The van der Waals surface area contributed by atoms with Gasteiger partial charge in [-0.05, 0) is 31.2 Å². The summed E-state index contributed by atoms with van der Waals surface area (Å²) in [5, 5.41) is 4.35. The fraction of sp³-hybridized carbons (Fsp3) is 0.438. The Morgan fingerprint density at radius 2 is 2.24 bits per heavy atom. The summed E-state index contributed by atoms with van der Waals surface area (Å²) >= 11 is 0. The van der Waals surface area contributed by atoms with E-state index in [1.54, 1.807) is 12.1 Å². The van der Waals surface area contributed by atoms with E-state index in [0.29, 0.717) is 13.1 Å². The van der Waals surface area contributed by atoms with Gasteiger partial charge in [-0.15, -0.1) is 0 Å². The van der Waals surface area contributed by atoms with Crippen LogP contribution in [-0.2, 0) is 13.1 Å². The zero-order chi connectivity index (χ0) is 15.2. The molecule has 0 aliphatic carbocycles. The zero-order valence-electron chi connectivity index (χ0n) is 12.7. The molecule has 1 aromatic heterocycles. The first-order chi connectivity index (χ1) is 10.1. The number of nitrogens with two attached hydrogens (primary N) is 1. The van der Waals surface area contributed by atoms with Crippen molar-refractivity contribution < 1.29 is 4.39 Å². The molecule has 0 aliphatic rings. The van der Waals surface area contributed by atoms with Crippen molar-refractivity contribution in [3.8, 4) is 0 Å². The molecule has 0 bridgehead atoms. The number of likely N-dealkylation sites (N-methyl/N-ethyl adjacent to an activating group) is 1. The van der Waals surface area contributed by atoms with Gasteiger partial charge in [-0.1, -0.05) is 19.1 Å². The van der Waals surface area contributed by atoms with Crippen molar-refractivity contribution in [1.82, 2.24) is 14.7 Å². The summed E-state index contributed by atoms with van der Waals surface area (Å²) in [6.45, 7) is 4.19. The van der Waals surface area contributed by atoms with Crippen molar-refractivity contribution in [2.45, 2.75) is 32.5 Å². The summed E-state index contributed by atoms with van der Waals surface area (Å²) < 4.78 is 15.2. The van der Waals surface area contributed by atoms with Gasteiger partial charge in [0.25, 0.3) is 0 Å². The predicted molar refractivity (Wildman–Crippen MR) is 82.2 cm³/mol. The lowest BCUT2D eigenvalue weighted by molar-refractivity contribution is 0.241. The van der Waals surface area contributed by atoms with E-state index in [4.69, 9.17) is 5.73 Å². The minimum atomic E-state index is -0.207. The third kappa shape index (κ3) is 4.12. The number of hydrogen-bond donors (Lipinski definition) is 1. The maximum atomic E-state index is 13.3. The molecule has 0 fully saturated rings. The van der Waals surface area contributed by atoms with Crippen molar-refractivity contribution in [2.75, 3.05) is 13.6 Å². The molecule has 0 aliphatic heterocycles. The Labute approximate surface area is 125 Å². The van der Waals surface area contributed by atoms with E-state index in [1.807, 2.05) is 30.2 Å². The van der Waals surface area contributed by atoms with Gasteiger partial charge in [0.1, 0.15) is 5.82 Å². The van der Waals surface area contributed by atoms with Crippen molar-refractivity contribution in [3.05, 3.63) is 53.6 Å². The first-order valence-corrected chi connectivity index (χ1v) is 7.31. The molecular weight excluding hydrogens is 267 g/mol. The summed E-state index contributed by atoms with van der Waals surface area (Å²) in [5.74, 6) is -0.207. The summed E-state index contributed by atoms with van der Waals surface area (Å²) in [6.07, 6.45) is 4.96. The largest absolute Gasteiger partial charge is 0.329 e. The van der Waals surface area contributed by atoms with Crippen LogP contribution in [0.1, 0.15) is 30.5 Å². The lowest BCUT2D eigenvalue weighted by atomic mass is 10.1. The number of aromatic nitrogens is 2. The molecule has 5 heteroatoms. The topological polar surface area (TPSA) is 47.1 Å². The van der Waals surface area contributed by atoms with Crippen molar-refractivity contribution in [2.24, 2.45) is 5.73 Å². The van der Waals surface area contributed by atoms with Gasteiger partial charge in [0.15, 0.2) is 0 Å². The average Bonchev–Trinajstić information content (AvgIpc) is 2.88. The molecule has 4 nitrogen and oxygen atoms in total. The highest BCUT2D eigenvalue weighted by Crippen LogP contribution is 2.20. The van der Waals surface area contributed by atoms with E-state index in [9.17, 15) is 4.39 Å². The molecule has 1 aromatic carbocycles. The second kappa shape index (κ2) is 7.33. The van der Waals surface area contributed by atoms with Crippen LogP contribution in [0.2, 0.25) is 0 Å². The Morgan fingerprint density at radius 3 is 2.90 bits per heavy atom. The summed E-state index contributed by atoms with van der Waals surface area (Å²) in [6, 6.07) is 6.76. The van der Waals surface area contributed by atoms with Crippen molar-refractivity contribution >= 4 is 0 Å². The normalized spacial score (nSPS) is 12.8. The van der Waals surface area contributed by atoms with Gasteiger partial charge >= 0.3 is 0 Å². The second-order valence-electron chi connectivity index (χ2n) is 5.33. The number of rotatable bonds is 7. The maximum Gasteiger partial charge on any atom is 0.123 e. The van der Waals surface area contributed by atoms with Gasteiger partial charge in [-0.2, -0.15) is 5.10 Å². The molecule has 2 aromatic rings. The summed E-state index contributed by atoms with van der Waals surface area (Å²) in [5.41, 5.74) is 7.96. The number of halogens is 1. The molecule has 1 unspecified atom stereocenters. The van der Waals surface area contributed by atoms with Gasteiger partial charge in [0, 0.05) is 31.4 Å². The van der Waals surface area contributed by atoms with E-state index < -0.39 is 0 Å². The monoisotopic (exact) mass is 290 g/mol. The smallest absolute Gasteiger partial charge is 0.123 e. The van der Waals surface area contributed by atoms with Crippen LogP contribution in [0.5, 0.6) is 0 Å². The molecule has 21 heavy (non-hydrogen) atoms. The van der Waals surface area contributed by atoms with E-state index in [-0.39, 0.29) is 11.9 Å². The molecule has 2 N–H and O–H groups in total. The first kappa shape index (κ1) is 15.7. The van der Waals surface area contributed by atoms with Crippen LogP contribution >= 0.6 is 0 Å². The predicted octanol–water partition coefficient (Wildman–Crippen LogP) is 2.56. The van der Waals surface area contributed by atoms with E-state index in [1.165, 1.54) is 6.07 Å². The average molecular weight is 290 g/mol. The number of benzene rings is 1. The van der Waals surface area contributed by atoms with Crippen LogP contribution in [0.15, 0.2) is 36.7 Å². The second-order valence-corrected chi connectivity index (χ2v) is 5.33. The van der Waals surface area contributed by atoms with E-state index in [2.05, 4.69) is 16.9 Å². The van der Waals surface area contributed by atoms with Crippen LogP contribution in [0.25, 0.3) is 0 Å². The third-order valence-electron chi connectivity index (χ3n) is 3.57. The Hall–Kier alpha value is -1.72. The Balaban J connectivity index is 2.08. The molecule has 114 valence electrons. The quantitative estimate of drug-likeness (QED) is 0.852. The Bertz CT molecular complexity index is 567. The minimum absolute atomic E-state index is 0.0823. The lowest BCUT2D eigenvalue weighted by Gasteiger charge is -2.26. The summed E-state index contributed by atoms with van der Waals surface area (Å²) in [7, 11) is 2.00. The van der Waals surface area contributed by atoms with Crippen LogP contribution in [0.3, 0.4) is 0 Å². The van der Waals surface area contributed by atoms with Crippen LogP contribution in [0, 0.1) is 5.82 Å². The molecule has 0 saturated heterocycles. The zero-order valence-corrected chi connectivity index (χ0v) is 12.7. The van der Waals surface area contributed by atoms with Gasteiger partial charge in [0.05, 0.1) is 12.2 Å². The Kier molecular flexibility index (Phi) is 5.47. The van der Waals surface area contributed by atoms with Crippen LogP contribution in [-0.4, -0.2) is 28.3 Å². The molecule has 0 amide bonds. The van der Waals surface area contributed by atoms with Gasteiger partial charge in [-0.25, -0.2) is 4.39 Å². The Morgan fingerprint density at radius 1 is 1.43 bits per heavy atom. The number of hydrogen-bond acceptors (Lipinski definition) is 3. The lowest BCUT2D eigenvalue weighted by Crippen LogP contribution is -2.30. The fourth-order valence-corrected chi connectivity index (χ4v) is 2.51. The molecule has 1 heterocycles. The molecule has 1 atom stereocenters. The summed E-state index contributed by atoms with van der Waals surface area (Å²) in [4.78, 5) is 2.13. The minimum Gasteiger partial charge on any atom is -0.329 e. The third-order valence-corrected chi connectivity index (χ3v) is 3.57. The van der Waals surface area contributed by atoms with Crippen LogP contribution in [0.4, 0.5) is 4.39 Å². The molecular formula is C16H23FN4. The number of aryl methyl sites for hydroxylation is 1. The maximum absolute atomic E-state index is 13.3. The van der Waals surface area contributed by atoms with Gasteiger partial charge in [0.2, 0.25) is 0 Å². The van der Waals surface area contributed by atoms with Crippen LogP contribution < -0.4 is 5.73 Å². The van der Waals surface area contributed by atoms with Crippen molar-refractivity contribution in [1.29, 1.82) is 0 Å². The molecule has 0 radical (unpaired) electrons. The SMILES string of the molecule is CCCn1cc(C(CN)N(C)Cc2cccc(F)c2)cn1. The standard InChI is InChI=1S/C16H23FN4/c1-3-7-21-12-14(10-19-21)16(9-18)20(2)11-13-5-4-6-15(17)8-13/h4-6,8,10,12,16H,3,7,9,11,18H2,1-2H3. The molecule has 2 rings (SSSR count). The van der Waals surface area contributed by atoms with Gasteiger partial charge < -0.3 is 5.73 Å². The highest BCUT2D eigenvalue weighted by atomic mass is 19.1. The highest BCUT2D eigenvalue weighted by Gasteiger charge is 2.17. The highest BCUT2D eigenvalue weighted by molar-refractivity contribution is 5.17. The van der Waals surface area contributed by atoms with E-state index in [0.717, 1.165) is 24.1 Å². The molecule has 0 saturated carbocycles. The van der Waals surface area contributed by atoms with Gasteiger partial charge in [-0.3, -0.25) is 9.58 Å². The number of nitrogens with zero attached hydrogens (tertiary/aromatic N) is 3.